The lowest BCUT2D eigenvalue weighted by Gasteiger charge is -2.44. The van der Waals surface area contributed by atoms with E-state index in [9.17, 15) is 18.7 Å². The fourth-order valence-electron chi connectivity index (χ4n) is 5.36. The highest BCUT2D eigenvalue weighted by atomic mass is 19.3. The molecule has 1 aliphatic heterocycles. The van der Waals surface area contributed by atoms with Crippen LogP contribution in [0.2, 0.25) is 0 Å². The lowest BCUT2D eigenvalue weighted by atomic mass is 9.75. The molecule has 4 atom stereocenters. The van der Waals surface area contributed by atoms with Crippen LogP contribution in [0, 0.1) is 24.7 Å². The average Bonchev–Trinajstić information content (AvgIpc) is 3.01. The number of carbonyl (C=O) groups is 1. The van der Waals surface area contributed by atoms with E-state index in [0.29, 0.717) is 5.56 Å². The molecule has 6 heteroatoms. The Labute approximate surface area is 164 Å². The molecular formula is C22H29F2NO3. The maximum atomic E-state index is 14.0. The second-order valence-corrected chi connectivity index (χ2v) is 8.91. The lowest BCUT2D eigenvalue weighted by molar-refractivity contribution is -0.189. The molecule has 1 saturated heterocycles. The van der Waals surface area contributed by atoms with Gasteiger partial charge < -0.3 is 15.2 Å². The highest BCUT2D eigenvalue weighted by molar-refractivity contribution is 5.82. The summed E-state index contributed by atoms with van der Waals surface area (Å²) < 4.78 is 33.8. The van der Waals surface area contributed by atoms with Gasteiger partial charge in [-0.2, -0.15) is 0 Å². The SMILES string of the molecule is Cc1cccc([C@@](O)(C(=O)OC2C3CCCC2CNC3)[C@@H]2CCC(F)(F)C2)c1. The number of carbonyl (C=O) groups excluding carboxylic acids is 1. The molecule has 4 nitrogen and oxygen atoms in total. The van der Waals surface area contributed by atoms with Gasteiger partial charge in [0.05, 0.1) is 0 Å². The first kappa shape index (κ1) is 19.8. The number of halogens is 2. The minimum Gasteiger partial charge on any atom is -0.459 e. The Bertz CT molecular complexity index is 718. The van der Waals surface area contributed by atoms with Crippen molar-refractivity contribution >= 4 is 5.97 Å². The van der Waals surface area contributed by atoms with Gasteiger partial charge in [0.15, 0.2) is 5.60 Å². The number of ether oxygens (including phenoxy) is 1. The highest BCUT2D eigenvalue weighted by Gasteiger charge is 2.55. The molecule has 0 aromatic heterocycles. The predicted molar refractivity (Wildman–Crippen MR) is 101 cm³/mol. The maximum absolute atomic E-state index is 14.0. The molecule has 3 aliphatic rings. The number of hydrogen-bond donors (Lipinski definition) is 2. The summed E-state index contributed by atoms with van der Waals surface area (Å²) in [5, 5.41) is 15.0. The van der Waals surface area contributed by atoms with E-state index >= 15 is 0 Å². The minimum absolute atomic E-state index is 0.103. The number of esters is 1. The van der Waals surface area contributed by atoms with Crippen LogP contribution in [0.25, 0.3) is 0 Å². The molecular weight excluding hydrogens is 364 g/mol. The number of fused-ring (bicyclic) bond motifs is 2. The number of rotatable bonds is 4. The average molecular weight is 393 g/mol. The zero-order chi connectivity index (χ0) is 19.9. The fourth-order valence-corrected chi connectivity index (χ4v) is 5.36. The Kier molecular flexibility index (Phi) is 5.21. The molecule has 2 saturated carbocycles. The van der Waals surface area contributed by atoms with Crippen LogP contribution in [0.1, 0.15) is 49.7 Å². The standard InChI is InChI=1S/C22H29F2NO3/c1-14-4-2-7-17(10-14)22(27,18-8-9-21(23,24)11-18)20(26)28-19-15-5-3-6-16(19)13-25-12-15/h2,4,7,10,15-16,18-19,25,27H,3,5-6,8-9,11-13H2,1H3/t15?,16?,18-,19?,22+/m1/s1. The van der Waals surface area contributed by atoms with E-state index in [2.05, 4.69) is 5.32 Å². The smallest absolute Gasteiger partial charge is 0.343 e. The summed E-state index contributed by atoms with van der Waals surface area (Å²) in [7, 11) is 0. The second kappa shape index (κ2) is 7.38. The van der Waals surface area contributed by atoms with Crippen molar-refractivity contribution in [1.29, 1.82) is 0 Å². The number of alkyl halides is 2. The van der Waals surface area contributed by atoms with E-state index < -0.39 is 29.8 Å². The van der Waals surface area contributed by atoms with Crippen LogP contribution in [-0.4, -0.2) is 36.2 Å². The molecule has 0 radical (unpaired) electrons. The van der Waals surface area contributed by atoms with E-state index in [0.717, 1.165) is 37.9 Å². The van der Waals surface area contributed by atoms with Gasteiger partial charge >= 0.3 is 5.97 Å². The van der Waals surface area contributed by atoms with Crippen molar-refractivity contribution in [3.8, 4) is 0 Å². The topological polar surface area (TPSA) is 58.6 Å². The summed E-state index contributed by atoms with van der Waals surface area (Å²) in [4.78, 5) is 13.3. The monoisotopic (exact) mass is 393 g/mol. The van der Waals surface area contributed by atoms with Gasteiger partial charge in [-0.1, -0.05) is 36.2 Å². The Hall–Kier alpha value is -1.53. The number of aliphatic hydroxyl groups is 1. The zero-order valence-electron chi connectivity index (χ0n) is 16.3. The van der Waals surface area contributed by atoms with Crippen LogP contribution >= 0.6 is 0 Å². The summed E-state index contributed by atoms with van der Waals surface area (Å²) in [5.74, 6) is -4.01. The molecule has 1 aromatic carbocycles. The van der Waals surface area contributed by atoms with Crippen LogP contribution in [0.3, 0.4) is 0 Å². The van der Waals surface area contributed by atoms with Gasteiger partial charge in [0.1, 0.15) is 6.10 Å². The molecule has 1 aromatic rings. The third-order valence-electron chi connectivity index (χ3n) is 6.90. The molecule has 0 spiro atoms. The zero-order valence-corrected chi connectivity index (χ0v) is 16.3. The van der Waals surface area contributed by atoms with Crippen LogP contribution in [0.15, 0.2) is 24.3 Å². The molecule has 2 bridgehead atoms. The second-order valence-electron chi connectivity index (χ2n) is 8.91. The summed E-state index contributed by atoms with van der Waals surface area (Å²) in [6, 6.07) is 6.96. The van der Waals surface area contributed by atoms with Crippen molar-refractivity contribution in [3.63, 3.8) is 0 Å². The molecule has 28 heavy (non-hydrogen) atoms. The summed E-state index contributed by atoms with van der Waals surface area (Å²) in [5.41, 5.74) is -0.808. The third-order valence-corrected chi connectivity index (χ3v) is 6.90. The molecule has 1 heterocycles. The van der Waals surface area contributed by atoms with E-state index in [4.69, 9.17) is 4.74 Å². The number of piperidine rings is 1. The first-order valence-electron chi connectivity index (χ1n) is 10.4. The Balaban J connectivity index is 1.64. The molecule has 0 amide bonds. The lowest BCUT2D eigenvalue weighted by Crippen LogP contribution is -2.54. The molecule has 2 aliphatic carbocycles. The third kappa shape index (κ3) is 3.57. The van der Waals surface area contributed by atoms with Crippen LogP contribution < -0.4 is 5.32 Å². The van der Waals surface area contributed by atoms with E-state index in [1.165, 1.54) is 0 Å². The van der Waals surface area contributed by atoms with E-state index in [1.54, 1.807) is 18.2 Å². The van der Waals surface area contributed by atoms with Gasteiger partial charge in [0.25, 0.3) is 0 Å². The molecule has 4 rings (SSSR count). The van der Waals surface area contributed by atoms with Crippen molar-refractivity contribution in [2.75, 3.05) is 13.1 Å². The van der Waals surface area contributed by atoms with Crippen molar-refractivity contribution < 1.29 is 23.4 Å². The van der Waals surface area contributed by atoms with Crippen LogP contribution in [0.5, 0.6) is 0 Å². The largest absolute Gasteiger partial charge is 0.459 e. The summed E-state index contributed by atoms with van der Waals surface area (Å²) >= 11 is 0. The Morgan fingerprint density at radius 2 is 1.96 bits per heavy atom. The summed E-state index contributed by atoms with van der Waals surface area (Å²) in [6.45, 7) is 3.44. The highest BCUT2D eigenvalue weighted by Crippen LogP contribution is 2.48. The van der Waals surface area contributed by atoms with Crippen molar-refractivity contribution in [3.05, 3.63) is 35.4 Å². The first-order valence-corrected chi connectivity index (χ1v) is 10.4. The molecule has 2 N–H and O–H groups in total. The molecule has 154 valence electrons. The quantitative estimate of drug-likeness (QED) is 0.768. The predicted octanol–water partition coefficient (Wildman–Crippen LogP) is 3.55. The number of benzene rings is 1. The van der Waals surface area contributed by atoms with Gasteiger partial charge in [0.2, 0.25) is 5.92 Å². The van der Waals surface area contributed by atoms with Gasteiger partial charge in [-0.3, -0.25) is 0 Å². The maximum Gasteiger partial charge on any atom is 0.343 e. The van der Waals surface area contributed by atoms with Crippen molar-refractivity contribution in [2.45, 2.75) is 63.1 Å². The van der Waals surface area contributed by atoms with E-state index in [-0.39, 0.29) is 30.8 Å². The van der Waals surface area contributed by atoms with Crippen LogP contribution in [0.4, 0.5) is 8.78 Å². The molecule has 2 unspecified atom stereocenters. The normalized spacial score (nSPS) is 33.9. The Morgan fingerprint density at radius 3 is 2.57 bits per heavy atom. The van der Waals surface area contributed by atoms with Gasteiger partial charge in [-0.25, -0.2) is 13.6 Å². The fraction of sp³-hybridized carbons (Fsp3) is 0.682. The van der Waals surface area contributed by atoms with Gasteiger partial charge in [-0.05, 0) is 31.7 Å². The van der Waals surface area contributed by atoms with E-state index in [1.807, 2.05) is 13.0 Å². The summed E-state index contributed by atoms with van der Waals surface area (Å²) in [6.07, 6.45) is 2.12. The number of hydrogen-bond acceptors (Lipinski definition) is 4. The van der Waals surface area contributed by atoms with Gasteiger partial charge in [0, 0.05) is 43.7 Å². The van der Waals surface area contributed by atoms with Crippen molar-refractivity contribution in [1.82, 2.24) is 5.32 Å². The van der Waals surface area contributed by atoms with Gasteiger partial charge in [-0.15, -0.1) is 0 Å². The number of aryl methyl sites for hydroxylation is 1. The molecule has 3 fully saturated rings. The van der Waals surface area contributed by atoms with Crippen molar-refractivity contribution in [2.24, 2.45) is 17.8 Å². The number of nitrogens with one attached hydrogen (secondary N) is 1. The minimum atomic E-state index is -2.85. The Morgan fingerprint density at radius 1 is 1.25 bits per heavy atom. The first-order chi connectivity index (χ1) is 13.3. The van der Waals surface area contributed by atoms with Crippen LogP contribution in [-0.2, 0) is 15.1 Å².